The molecule has 1 aromatic heterocycles. The molecule has 3 fully saturated rings. The molecule has 0 spiro atoms. The van der Waals surface area contributed by atoms with Gasteiger partial charge < -0.3 is 24.4 Å². The number of carboxylic acid groups (broad SMARTS) is 1. The van der Waals surface area contributed by atoms with E-state index in [1.165, 1.54) is 0 Å². The summed E-state index contributed by atoms with van der Waals surface area (Å²) >= 11 is 1.12. The summed E-state index contributed by atoms with van der Waals surface area (Å²) in [5.74, 6) is 5.73. The summed E-state index contributed by atoms with van der Waals surface area (Å²) in [5, 5.41) is 10.1. The van der Waals surface area contributed by atoms with Crippen LogP contribution in [0.15, 0.2) is 6.07 Å². The first-order chi connectivity index (χ1) is 18.0. The van der Waals surface area contributed by atoms with Crippen LogP contribution in [0.25, 0.3) is 0 Å². The molecule has 208 valence electrons. The number of rotatable bonds is 5. The van der Waals surface area contributed by atoms with E-state index in [0.717, 1.165) is 37.0 Å². The fraction of sp³-hybridized carbons (Fsp3) is 0.690. The Balaban J connectivity index is 1.58. The molecule has 2 saturated heterocycles. The molecule has 1 unspecified atom stereocenters. The summed E-state index contributed by atoms with van der Waals surface area (Å²) in [6, 6.07) is 1.58. The smallest absolute Gasteiger partial charge is 0.410 e. The molecular weight excluding hydrogens is 504 g/mol. The van der Waals surface area contributed by atoms with Crippen LogP contribution in [-0.2, 0) is 14.3 Å². The van der Waals surface area contributed by atoms with E-state index >= 15 is 0 Å². The molecule has 9 heteroatoms. The second kappa shape index (κ2) is 12.1. The van der Waals surface area contributed by atoms with Gasteiger partial charge in [-0.3, -0.25) is 4.79 Å². The van der Waals surface area contributed by atoms with Crippen LogP contribution in [0, 0.1) is 29.1 Å². The molecule has 2 amide bonds. The largest absolute Gasteiger partial charge is 0.477 e. The number of hydrogen-bond acceptors (Lipinski definition) is 6. The number of carbonyl (C=O) groups is 3. The molecule has 1 N–H and O–H groups in total. The van der Waals surface area contributed by atoms with Gasteiger partial charge in [-0.15, -0.1) is 11.3 Å². The average Bonchev–Trinajstić information content (AvgIpc) is 3.53. The molecule has 1 saturated carbocycles. The maximum Gasteiger partial charge on any atom is 0.410 e. The predicted molar refractivity (Wildman–Crippen MR) is 147 cm³/mol. The van der Waals surface area contributed by atoms with Gasteiger partial charge in [0.15, 0.2) is 0 Å². The van der Waals surface area contributed by atoms with Crippen molar-refractivity contribution < 1.29 is 29.0 Å². The predicted octanol–water partition coefficient (Wildman–Crippen LogP) is 5.39. The number of likely N-dealkylation sites (tertiary alicyclic amines) is 1. The van der Waals surface area contributed by atoms with Gasteiger partial charge in [0.25, 0.3) is 0 Å². The molecule has 1 aliphatic carbocycles. The van der Waals surface area contributed by atoms with E-state index in [0.29, 0.717) is 62.0 Å². The fourth-order valence-electron chi connectivity index (χ4n) is 5.35. The number of aromatic carboxylic acids is 1. The minimum absolute atomic E-state index is 0.00309. The molecule has 1 atom stereocenters. The van der Waals surface area contributed by atoms with Crippen LogP contribution in [0.5, 0.6) is 0 Å². The van der Waals surface area contributed by atoms with E-state index < -0.39 is 5.97 Å². The third kappa shape index (κ3) is 7.09. The van der Waals surface area contributed by atoms with Crippen LogP contribution in [0.4, 0.5) is 10.5 Å². The molecule has 3 heterocycles. The highest BCUT2D eigenvalue weighted by molar-refractivity contribution is 7.15. The van der Waals surface area contributed by atoms with Crippen LogP contribution in [0.1, 0.15) is 87.2 Å². The van der Waals surface area contributed by atoms with Crippen molar-refractivity contribution >= 4 is 35.0 Å². The maximum atomic E-state index is 14.0. The molecule has 0 radical (unpaired) electrons. The quantitative estimate of drug-likeness (QED) is 0.499. The van der Waals surface area contributed by atoms with Crippen LogP contribution in [0.2, 0.25) is 0 Å². The van der Waals surface area contributed by atoms with Crippen molar-refractivity contribution in [3.8, 4) is 11.8 Å². The number of ether oxygens (including phenoxy) is 2. The molecule has 3 aliphatic rings. The van der Waals surface area contributed by atoms with Gasteiger partial charge in [0.2, 0.25) is 5.91 Å². The number of nitrogens with zero attached hydrogens (tertiary/aromatic N) is 2. The molecular formula is C29H40N2O6S. The zero-order chi connectivity index (χ0) is 27.4. The second-order valence-electron chi connectivity index (χ2n) is 11.9. The molecule has 4 rings (SSSR count). The Bertz CT molecular complexity index is 1070. The fourth-order valence-corrected chi connectivity index (χ4v) is 6.19. The van der Waals surface area contributed by atoms with Crippen LogP contribution in [0.3, 0.4) is 0 Å². The van der Waals surface area contributed by atoms with Gasteiger partial charge in [-0.2, -0.15) is 0 Å². The van der Waals surface area contributed by atoms with Crippen molar-refractivity contribution in [1.82, 2.24) is 4.90 Å². The number of hydrogen-bond donors (Lipinski definition) is 1. The van der Waals surface area contributed by atoms with Crippen molar-refractivity contribution in [2.45, 2.75) is 84.8 Å². The maximum absolute atomic E-state index is 14.0. The molecule has 2 aliphatic heterocycles. The van der Waals surface area contributed by atoms with E-state index in [9.17, 15) is 19.5 Å². The summed E-state index contributed by atoms with van der Waals surface area (Å²) in [5.41, 5.74) is 0.210. The summed E-state index contributed by atoms with van der Waals surface area (Å²) < 4.78 is 10.9. The van der Waals surface area contributed by atoms with Crippen molar-refractivity contribution in [2.75, 3.05) is 31.2 Å². The summed E-state index contributed by atoms with van der Waals surface area (Å²) in [6.07, 6.45) is 4.90. The number of amides is 2. The summed E-state index contributed by atoms with van der Waals surface area (Å²) in [6.45, 7) is 10.2. The zero-order valence-electron chi connectivity index (χ0n) is 23.0. The lowest BCUT2D eigenvalue weighted by molar-refractivity contribution is -0.124. The minimum Gasteiger partial charge on any atom is -0.477 e. The van der Waals surface area contributed by atoms with Crippen LogP contribution < -0.4 is 4.90 Å². The van der Waals surface area contributed by atoms with Gasteiger partial charge >= 0.3 is 12.1 Å². The molecule has 0 bridgehead atoms. The van der Waals surface area contributed by atoms with Crippen molar-refractivity contribution in [3.05, 3.63) is 15.8 Å². The van der Waals surface area contributed by atoms with Crippen molar-refractivity contribution in [1.29, 1.82) is 0 Å². The zero-order valence-corrected chi connectivity index (χ0v) is 23.8. The van der Waals surface area contributed by atoms with E-state index in [2.05, 4.69) is 18.8 Å². The van der Waals surface area contributed by atoms with E-state index in [1.54, 1.807) is 15.9 Å². The van der Waals surface area contributed by atoms with E-state index in [1.807, 2.05) is 20.8 Å². The number of piperidine rings is 1. The SMILES string of the molecule is CC1CCC(C(=O)N(c2cc(C#CC(C)(C)C)sc2C(=O)O)C2CCN(C(=O)OC3CCOC3)CC2)CC1. The lowest BCUT2D eigenvalue weighted by Gasteiger charge is -2.40. The standard InChI is InChI=1S/C29H40N2O6S/c1-19-5-7-20(8-6-19)26(32)31(24-17-23(9-13-29(2,3)4)38-25(24)27(33)34)21-10-14-30(15-11-21)28(35)37-22-12-16-36-18-22/h17,19-22H,5-8,10-12,14-16,18H2,1-4H3,(H,33,34). The minimum atomic E-state index is -1.05. The molecule has 38 heavy (non-hydrogen) atoms. The first-order valence-corrected chi connectivity index (χ1v) is 14.6. The molecule has 8 nitrogen and oxygen atoms in total. The molecule has 0 aromatic carbocycles. The van der Waals surface area contributed by atoms with Crippen molar-refractivity contribution in [3.63, 3.8) is 0 Å². The number of thiophene rings is 1. The number of carboxylic acids is 1. The second-order valence-corrected chi connectivity index (χ2v) is 12.9. The highest BCUT2D eigenvalue weighted by Crippen LogP contribution is 2.38. The van der Waals surface area contributed by atoms with E-state index in [-0.39, 0.29) is 40.4 Å². The van der Waals surface area contributed by atoms with Gasteiger partial charge in [0, 0.05) is 36.9 Å². The Labute approximate surface area is 229 Å². The Morgan fingerprint density at radius 1 is 1.11 bits per heavy atom. The van der Waals surface area contributed by atoms with Crippen molar-refractivity contribution in [2.24, 2.45) is 17.3 Å². The van der Waals surface area contributed by atoms with Gasteiger partial charge in [-0.1, -0.05) is 18.8 Å². The highest BCUT2D eigenvalue weighted by Gasteiger charge is 2.38. The summed E-state index contributed by atoms with van der Waals surface area (Å²) in [7, 11) is 0. The molecule has 1 aromatic rings. The number of anilines is 1. The number of carbonyl (C=O) groups excluding carboxylic acids is 2. The lowest BCUT2D eigenvalue weighted by Crippen LogP contribution is -2.51. The summed E-state index contributed by atoms with van der Waals surface area (Å²) in [4.78, 5) is 43.3. The monoisotopic (exact) mass is 544 g/mol. The normalized spacial score (nSPS) is 24.4. The van der Waals surface area contributed by atoms with Gasteiger partial charge in [-0.05, 0) is 71.3 Å². The highest BCUT2D eigenvalue weighted by atomic mass is 32.1. The third-order valence-corrected chi connectivity index (χ3v) is 8.60. The van der Waals surface area contributed by atoms with Crippen LogP contribution >= 0.6 is 11.3 Å². The topological polar surface area (TPSA) is 96.4 Å². The third-order valence-electron chi connectivity index (χ3n) is 7.57. The Hall–Kier alpha value is -2.57. The van der Waals surface area contributed by atoms with Gasteiger partial charge in [0.1, 0.15) is 11.0 Å². The Morgan fingerprint density at radius 3 is 2.37 bits per heavy atom. The average molecular weight is 545 g/mol. The van der Waals surface area contributed by atoms with Crippen LogP contribution in [-0.4, -0.2) is 66.4 Å². The Kier molecular flexibility index (Phi) is 9.04. The van der Waals surface area contributed by atoms with E-state index in [4.69, 9.17) is 9.47 Å². The van der Waals surface area contributed by atoms with Gasteiger partial charge in [-0.25, -0.2) is 9.59 Å². The first-order valence-electron chi connectivity index (χ1n) is 13.8. The lowest BCUT2D eigenvalue weighted by atomic mass is 9.82. The van der Waals surface area contributed by atoms with Gasteiger partial charge in [0.05, 0.1) is 23.8 Å². The first kappa shape index (κ1) is 28.4. The Morgan fingerprint density at radius 2 is 1.79 bits per heavy atom.